The van der Waals surface area contributed by atoms with Gasteiger partial charge in [-0.3, -0.25) is 0 Å². The third-order valence-electron chi connectivity index (χ3n) is 1.98. The summed E-state index contributed by atoms with van der Waals surface area (Å²) in [6.45, 7) is 0.666. The predicted molar refractivity (Wildman–Crippen MR) is 27.1 cm³/mol. The van der Waals surface area contributed by atoms with Crippen molar-refractivity contribution in [1.82, 2.24) is 0 Å². The molecule has 7 heavy (non-hydrogen) atoms. The van der Waals surface area contributed by atoms with Crippen LogP contribution in [0.1, 0.15) is 20.6 Å². The molecule has 2 aliphatic rings. The molecule has 2 rings (SSSR count). The molecule has 1 heterocycles. The topological polar surface area (TPSA) is 9.23 Å². The minimum atomic E-state index is -0.197. The van der Waals surface area contributed by atoms with E-state index >= 15 is 0 Å². The van der Waals surface area contributed by atoms with Gasteiger partial charge in [-0.25, -0.2) is 0 Å². The summed E-state index contributed by atoms with van der Waals surface area (Å²) < 4.78 is 12.3. The maximum Gasteiger partial charge on any atom is 0.0567 e. The lowest BCUT2D eigenvalue weighted by Crippen LogP contribution is -1.95. The monoisotopic (exact) mass is 99.1 g/mol. The molecule has 1 unspecified atom stereocenters. The Bertz CT molecular complexity index is 109. The molecule has 2 fully saturated rings. The van der Waals surface area contributed by atoms with Crippen LogP contribution in [0.15, 0.2) is 0 Å². The zero-order valence-electron chi connectivity index (χ0n) is 5.31. The summed E-state index contributed by atoms with van der Waals surface area (Å²) in [7, 11) is 0. The molecule has 0 aromatic rings. The van der Waals surface area contributed by atoms with Gasteiger partial charge in [-0.15, -0.1) is 0 Å². The molecular formula is C6H10O. The van der Waals surface area contributed by atoms with Crippen LogP contribution < -0.4 is 0 Å². The molecule has 0 aromatic heterocycles. The summed E-state index contributed by atoms with van der Waals surface area (Å²) in [5, 5.41) is 0. The van der Waals surface area contributed by atoms with Crippen molar-refractivity contribution in [2.45, 2.75) is 19.3 Å². The summed E-state index contributed by atoms with van der Waals surface area (Å²) in [6.07, 6.45) is 3.61. The van der Waals surface area contributed by atoms with Gasteiger partial charge in [0.1, 0.15) is 0 Å². The molecule has 0 radical (unpaired) electrons. The van der Waals surface area contributed by atoms with Crippen molar-refractivity contribution in [2.24, 2.45) is 5.41 Å². The molecule has 1 spiro atoms. The van der Waals surface area contributed by atoms with Crippen LogP contribution in [0.4, 0.5) is 0 Å². The van der Waals surface area contributed by atoms with Crippen molar-refractivity contribution in [1.29, 1.82) is 0 Å². The van der Waals surface area contributed by atoms with Gasteiger partial charge in [0.15, 0.2) is 0 Å². The number of hydrogen-bond acceptors (Lipinski definition) is 1. The first-order valence-electron chi connectivity index (χ1n) is 3.42. The molecule has 40 valence electrons. The van der Waals surface area contributed by atoms with E-state index in [-0.39, 0.29) is 6.58 Å². The Kier molecular flexibility index (Phi) is 0.451. The molecule has 1 saturated carbocycles. The zero-order valence-corrected chi connectivity index (χ0v) is 4.31. The molecule has 0 N–H and O–H groups in total. The van der Waals surface area contributed by atoms with E-state index in [9.17, 15) is 0 Å². The number of ether oxygens (including phenoxy) is 1. The highest BCUT2D eigenvalue weighted by Gasteiger charge is 2.45. The molecular weight excluding hydrogens is 88.1 g/mol. The van der Waals surface area contributed by atoms with Gasteiger partial charge >= 0.3 is 0 Å². The Morgan fingerprint density at radius 3 is 2.57 bits per heavy atom. The van der Waals surface area contributed by atoms with E-state index in [4.69, 9.17) is 6.11 Å². The molecule has 1 saturated heterocycles. The third-order valence-corrected chi connectivity index (χ3v) is 1.98. The van der Waals surface area contributed by atoms with Crippen molar-refractivity contribution in [3.05, 3.63) is 0 Å². The molecule has 1 aliphatic heterocycles. The fourth-order valence-corrected chi connectivity index (χ4v) is 1.06. The largest absolute Gasteiger partial charge is 0.381 e. The highest BCUT2D eigenvalue weighted by molar-refractivity contribution is 4.95. The van der Waals surface area contributed by atoms with Gasteiger partial charge in [-0.05, 0) is 24.7 Å². The molecule has 1 heteroatoms. The average Bonchev–Trinajstić information content (AvgIpc) is 2.34. The van der Waals surface area contributed by atoms with Crippen molar-refractivity contribution < 1.29 is 6.11 Å². The maximum atomic E-state index is 7.21. The van der Waals surface area contributed by atoms with Crippen molar-refractivity contribution in [3.63, 3.8) is 0 Å². The second-order valence-corrected chi connectivity index (χ2v) is 2.68. The van der Waals surface area contributed by atoms with E-state index < -0.39 is 0 Å². The van der Waals surface area contributed by atoms with Gasteiger partial charge < -0.3 is 4.74 Å². The Hall–Kier alpha value is -0.0400. The standard InChI is InChI=1S/C6H10O/c1-2-6(1)3-4-7-5-6/h1-5H2/i4D. The summed E-state index contributed by atoms with van der Waals surface area (Å²) in [6, 6.07) is 0. The van der Waals surface area contributed by atoms with E-state index in [0.29, 0.717) is 5.41 Å². The van der Waals surface area contributed by atoms with Crippen LogP contribution in [0.2, 0.25) is 0 Å². The number of hydrogen-bond donors (Lipinski definition) is 0. The molecule has 0 bridgehead atoms. The van der Waals surface area contributed by atoms with Crippen LogP contribution in [0.3, 0.4) is 0 Å². The minimum Gasteiger partial charge on any atom is -0.381 e. The maximum absolute atomic E-state index is 7.21. The molecule has 1 atom stereocenters. The van der Waals surface area contributed by atoms with Gasteiger partial charge in [0.05, 0.1) is 7.98 Å². The van der Waals surface area contributed by atoms with Gasteiger partial charge in [0.25, 0.3) is 0 Å². The Balaban J connectivity index is 2.03. The lowest BCUT2D eigenvalue weighted by atomic mass is 10.1. The summed E-state index contributed by atoms with van der Waals surface area (Å²) >= 11 is 0. The Morgan fingerprint density at radius 2 is 2.29 bits per heavy atom. The van der Waals surface area contributed by atoms with Crippen LogP contribution in [0.5, 0.6) is 0 Å². The third kappa shape index (κ3) is 0.480. The normalized spacial score (nSPS) is 46.9. The predicted octanol–water partition coefficient (Wildman–Crippen LogP) is 1.19. The minimum absolute atomic E-state index is 0.197. The second-order valence-electron chi connectivity index (χ2n) is 2.68. The van der Waals surface area contributed by atoms with Crippen LogP contribution >= 0.6 is 0 Å². The van der Waals surface area contributed by atoms with Crippen LogP contribution in [0.25, 0.3) is 0 Å². The van der Waals surface area contributed by atoms with Gasteiger partial charge in [0.2, 0.25) is 0 Å². The Morgan fingerprint density at radius 1 is 1.43 bits per heavy atom. The van der Waals surface area contributed by atoms with Gasteiger partial charge in [-0.1, -0.05) is 0 Å². The fraction of sp³-hybridized carbons (Fsp3) is 1.00. The van der Waals surface area contributed by atoms with Crippen LogP contribution in [-0.2, 0) is 4.74 Å². The lowest BCUT2D eigenvalue weighted by molar-refractivity contribution is 0.182. The Labute approximate surface area is 45.1 Å². The highest BCUT2D eigenvalue weighted by atomic mass is 16.5. The molecule has 1 aliphatic carbocycles. The van der Waals surface area contributed by atoms with Crippen molar-refractivity contribution in [3.8, 4) is 0 Å². The highest BCUT2D eigenvalue weighted by Crippen LogP contribution is 2.51. The summed E-state index contributed by atoms with van der Waals surface area (Å²) in [4.78, 5) is 0. The lowest BCUT2D eigenvalue weighted by Gasteiger charge is -1.95. The molecule has 0 amide bonds. The smallest absolute Gasteiger partial charge is 0.0567 e. The van der Waals surface area contributed by atoms with E-state index in [1.54, 1.807) is 0 Å². The SMILES string of the molecule is [2H]C1CC2(CC2)CO1. The summed E-state index contributed by atoms with van der Waals surface area (Å²) in [5.41, 5.74) is 0.506. The number of rotatable bonds is 0. The van der Waals surface area contributed by atoms with E-state index in [1.807, 2.05) is 0 Å². The van der Waals surface area contributed by atoms with Crippen molar-refractivity contribution in [2.75, 3.05) is 13.2 Å². The van der Waals surface area contributed by atoms with E-state index in [2.05, 4.69) is 0 Å². The fourth-order valence-electron chi connectivity index (χ4n) is 1.06. The quantitative estimate of drug-likeness (QED) is 0.443. The molecule has 1 nitrogen and oxygen atoms in total. The zero-order chi connectivity index (χ0) is 5.61. The van der Waals surface area contributed by atoms with Crippen molar-refractivity contribution >= 4 is 0 Å². The van der Waals surface area contributed by atoms with E-state index in [1.165, 1.54) is 12.8 Å². The van der Waals surface area contributed by atoms with Crippen LogP contribution in [-0.4, -0.2) is 13.2 Å². The van der Waals surface area contributed by atoms with Crippen LogP contribution in [0, 0.1) is 5.41 Å². The average molecular weight is 99.2 g/mol. The van der Waals surface area contributed by atoms with E-state index in [0.717, 1.165) is 13.0 Å². The first kappa shape index (κ1) is 3.08. The first-order valence-corrected chi connectivity index (χ1v) is 2.85. The van der Waals surface area contributed by atoms with Gasteiger partial charge in [-0.2, -0.15) is 0 Å². The first-order chi connectivity index (χ1) is 3.81. The summed E-state index contributed by atoms with van der Waals surface area (Å²) in [5.74, 6) is 0. The van der Waals surface area contributed by atoms with Gasteiger partial charge in [0, 0.05) is 6.58 Å². The second kappa shape index (κ2) is 1.03. The molecule has 0 aromatic carbocycles.